The summed E-state index contributed by atoms with van der Waals surface area (Å²) in [4.78, 5) is 4.48. The summed E-state index contributed by atoms with van der Waals surface area (Å²) < 4.78 is 0. The molecule has 2 aromatic rings. The zero-order chi connectivity index (χ0) is 9.26. The Bertz CT molecular complexity index is 457. The number of allylic oxidation sites excluding steroid dienone is 1. The lowest BCUT2D eigenvalue weighted by molar-refractivity contribution is 1.34. The summed E-state index contributed by atoms with van der Waals surface area (Å²) in [6.07, 6.45) is 0. The van der Waals surface area contributed by atoms with Crippen molar-refractivity contribution in [1.82, 2.24) is 4.98 Å². The van der Waals surface area contributed by atoms with Crippen molar-refractivity contribution in [3.8, 4) is 0 Å². The lowest BCUT2D eigenvalue weighted by Gasteiger charge is -2.00. The molecule has 13 heavy (non-hydrogen) atoms. The molecule has 0 N–H and O–H groups in total. The smallest absolute Gasteiger partial charge is 0.0709 e. The van der Waals surface area contributed by atoms with E-state index >= 15 is 0 Å². The molecular weight excluding hydrogens is 158 g/mol. The molecule has 0 amide bonds. The fraction of sp³-hybridized carbons (Fsp3) is 0.0833. The van der Waals surface area contributed by atoms with E-state index in [9.17, 15) is 0 Å². The van der Waals surface area contributed by atoms with Crippen LogP contribution in [-0.4, -0.2) is 4.98 Å². The number of aromatic nitrogens is 1. The van der Waals surface area contributed by atoms with Gasteiger partial charge in [-0.25, -0.2) is 4.98 Å². The summed E-state index contributed by atoms with van der Waals surface area (Å²) in [7, 11) is 0. The van der Waals surface area contributed by atoms with E-state index in [2.05, 4.69) is 23.7 Å². The first kappa shape index (κ1) is 7.99. The SMILES string of the molecule is C=C(C)c1ccc2ccccc2n1. The van der Waals surface area contributed by atoms with Gasteiger partial charge in [0.2, 0.25) is 0 Å². The number of fused-ring (bicyclic) bond motifs is 1. The van der Waals surface area contributed by atoms with Gasteiger partial charge in [0.15, 0.2) is 0 Å². The molecule has 1 heterocycles. The summed E-state index contributed by atoms with van der Waals surface area (Å²) >= 11 is 0. The second-order valence-corrected chi connectivity index (χ2v) is 3.17. The van der Waals surface area contributed by atoms with Crippen molar-refractivity contribution in [2.24, 2.45) is 0 Å². The zero-order valence-electron chi connectivity index (χ0n) is 7.62. The Balaban J connectivity index is 2.69. The van der Waals surface area contributed by atoms with Crippen LogP contribution in [0.25, 0.3) is 16.5 Å². The van der Waals surface area contributed by atoms with Gasteiger partial charge in [0.1, 0.15) is 0 Å². The molecule has 1 aromatic heterocycles. The topological polar surface area (TPSA) is 12.9 Å². The maximum atomic E-state index is 4.48. The largest absolute Gasteiger partial charge is 0.248 e. The van der Waals surface area contributed by atoms with E-state index in [1.165, 1.54) is 5.39 Å². The molecule has 0 aliphatic carbocycles. The maximum Gasteiger partial charge on any atom is 0.0709 e. The van der Waals surface area contributed by atoms with Gasteiger partial charge in [-0.2, -0.15) is 0 Å². The van der Waals surface area contributed by atoms with Gasteiger partial charge in [0.05, 0.1) is 11.2 Å². The van der Waals surface area contributed by atoms with Crippen LogP contribution >= 0.6 is 0 Å². The lowest BCUT2D eigenvalue weighted by atomic mass is 10.1. The minimum Gasteiger partial charge on any atom is -0.248 e. The Morgan fingerprint density at radius 2 is 1.92 bits per heavy atom. The number of nitrogens with zero attached hydrogens (tertiary/aromatic N) is 1. The summed E-state index contributed by atoms with van der Waals surface area (Å²) in [6, 6.07) is 12.2. The fourth-order valence-electron chi connectivity index (χ4n) is 1.30. The first-order valence-corrected chi connectivity index (χ1v) is 4.29. The minimum atomic E-state index is 0.971. The van der Waals surface area contributed by atoms with Crippen molar-refractivity contribution < 1.29 is 0 Å². The predicted octanol–water partition coefficient (Wildman–Crippen LogP) is 3.27. The maximum absolute atomic E-state index is 4.48. The average Bonchev–Trinajstić information content (AvgIpc) is 2.17. The van der Waals surface area contributed by atoms with Gasteiger partial charge in [-0.05, 0) is 24.6 Å². The fourth-order valence-corrected chi connectivity index (χ4v) is 1.30. The second kappa shape index (κ2) is 3.02. The van der Waals surface area contributed by atoms with Gasteiger partial charge in [-0.1, -0.05) is 30.8 Å². The van der Waals surface area contributed by atoms with Crippen molar-refractivity contribution >= 4 is 16.5 Å². The van der Waals surface area contributed by atoms with Crippen molar-refractivity contribution in [2.75, 3.05) is 0 Å². The Hall–Kier alpha value is -1.63. The number of hydrogen-bond acceptors (Lipinski definition) is 1. The highest BCUT2D eigenvalue weighted by Gasteiger charge is 1.96. The lowest BCUT2D eigenvalue weighted by Crippen LogP contribution is -1.85. The highest BCUT2D eigenvalue weighted by molar-refractivity contribution is 5.80. The molecule has 0 atom stereocenters. The third-order valence-electron chi connectivity index (χ3n) is 2.04. The third-order valence-corrected chi connectivity index (χ3v) is 2.04. The second-order valence-electron chi connectivity index (χ2n) is 3.17. The Morgan fingerprint density at radius 3 is 2.69 bits per heavy atom. The molecule has 0 radical (unpaired) electrons. The van der Waals surface area contributed by atoms with Gasteiger partial charge >= 0.3 is 0 Å². The molecular formula is C12H11N. The minimum absolute atomic E-state index is 0.971. The Morgan fingerprint density at radius 1 is 1.15 bits per heavy atom. The Kier molecular flexibility index (Phi) is 1.85. The van der Waals surface area contributed by atoms with Gasteiger partial charge in [0.25, 0.3) is 0 Å². The molecule has 0 fully saturated rings. The number of benzene rings is 1. The van der Waals surface area contributed by atoms with Crippen LogP contribution in [0.4, 0.5) is 0 Å². The summed E-state index contributed by atoms with van der Waals surface area (Å²) in [5.74, 6) is 0. The van der Waals surface area contributed by atoms with E-state index < -0.39 is 0 Å². The van der Waals surface area contributed by atoms with E-state index in [1.807, 2.05) is 31.2 Å². The standard InChI is InChI=1S/C12H11N/c1-9(2)11-8-7-10-5-3-4-6-12(10)13-11/h3-8H,1H2,2H3. The summed E-state index contributed by atoms with van der Waals surface area (Å²) in [5, 5.41) is 1.17. The summed E-state index contributed by atoms with van der Waals surface area (Å²) in [5.41, 5.74) is 3.01. The average molecular weight is 169 g/mol. The van der Waals surface area contributed by atoms with Gasteiger partial charge in [0, 0.05) is 5.39 Å². The van der Waals surface area contributed by atoms with E-state index in [4.69, 9.17) is 0 Å². The van der Waals surface area contributed by atoms with Crippen LogP contribution < -0.4 is 0 Å². The molecule has 2 rings (SSSR count). The molecule has 0 aliphatic rings. The van der Waals surface area contributed by atoms with Gasteiger partial charge in [-0.15, -0.1) is 0 Å². The molecule has 0 aliphatic heterocycles. The molecule has 0 saturated heterocycles. The quantitative estimate of drug-likeness (QED) is 0.638. The highest BCUT2D eigenvalue weighted by Crippen LogP contribution is 2.15. The molecule has 1 nitrogen and oxygen atoms in total. The van der Waals surface area contributed by atoms with Crippen LogP contribution in [0.3, 0.4) is 0 Å². The van der Waals surface area contributed by atoms with Crippen LogP contribution in [0.2, 0.25) is 0 Å². The molecule has 0 saturated carbocycles. The number of hydrogen-bond donors (Lipinski definition) is 0. The van der Waals surface area contributed by atoms with Crippen LogP contribution in [0.5, 0.6) is 0 Å². The first-order chi connectivity index (χ1) is 6.27. The predicted molar refractivity (Wildman–Crippen MR) is 56.5 cm³/mol. The molecule has 64 valence electrons. The van der Waals surface area contributed by atoms with Crippen molar-refractivity contribution in [1.29, 1.82) is 0 Å². The van der Waals surface area contributed by atoms with Crippen LogP contribution in [0, 0.1) is 0 Å². The molecule has 0 unspecified atom stereocenters. The van der Waals surface area contributed by atoms with Crippen molar-refractivity contribution in [2.45, 2.75) is 6.92 Å². The van der Waals surface area contributed by atoms with Crippen molar-refractivity contribution in [3.63, 3.8) is 0 Å². The zero-order valence-corrected chi connectivity index (χ0v) is 7.62. The molecule has 0 bridgehead atoms. The molecule has 0 spiro atoms. The molecule has 1 aromatic carbocycles. The van der Waals surface area contributed by atoms with E-state index in [1.54, 1.807) is 0 Å². The molecule has 1 heteroatoms. The van der Waals surface area contributed by atoms with Crippen LogP contribution in [0.15, 0.2) is 43.0 Å². The highest BCUT2D eigenvalue weighted by atomic mass is 14.7. The third kappa shape index (κ3) is 1.45. The number of para-hydroxylation sites is 1. The van der Waals surface area contributed by atoms with Gasteiger partial charge in [-0.3, -0.25) is 0 Å². The first-order valence-electron chi connectivity index (χ1n) is 4.29. The van der Waals surface area contributed by atoms with Gasteiger partial charge < -0.3 is 0 Å². The van der Waals surface area contributed by atoms with Crippen LogP contribution in [-0.2, 0) is 0 Å². The Labute approximate surface area is 77.7 Å². The monoisotopic (exact) mass is 169 g/mol. The number of pyridine rings is 1. The van der Waals surface area contributed by atoms with E-state index in [0.717, 1.165) is 16.8 Å². The normalized spacial score (nSPS) is 10.2. The van der Waals surface area contributed by atoms with Crippen LogP contribution in [0.1, 0.15) is 12.6 Å². The summed E-state index contributed by atoms with van der Waals surface area (Å²) in [6.45, 7) is 5.84. The van der Waals surface area contributed by atoms with E-state index in [0.29, 0.717) is 0 Å². The van der Waals surface area contributed by atoms with Crippen molar-refractivity contribution in [3.05, 3.63) is 48.7 Å². The number of rotatable bonds is 1. The van der Waals surface area contributed by atoms with E-state index in [-0.39, 0.29) is 0 Å².